The first-order chi connectivity index (χ1) is 6.35. The molecule has 1 atom stereocenters. The quantitative estimate of drug-likeness (QED) is 0.700. The first-order valence-corrected chi connectivity index (χ1v) is 4.14. The van der Waals surface area contributed by atoms with Crippen molar-refractivity contribution in [2.24, 2.45) is 0 Å². The molecule has 0 aromatic heterocycles. The van der Waals surface area contributed by atoms with Crippen molar-refractivity contribution in [1.82, 2.24) is 5.32 Å². The van der Waals surface area contributed by atoms with Gasteiger partial charge in [0.05, 0.1) is 6.42 Å². The van der Waals surface area contributed by atoms with E-state index in [1.54, 1.807) is 6.92 Å². The van der Waals surface area contributed by atoms with E-state index in [2.05, 4.69) is 11.2 Å². The Hall–Kier alpha value is -1.18. The van der Waals surface area contributed by atoms with E-state index in [0.29, 0.717) is 6.42 Å². The molecule has 0 aromatic carbocycles. The molecule has 0 bridgehead atoms. The summed E-state index contributed by atoms with van der Waals surface area (Å²) < 4.78 is 35.1. The highest BCUT2D eigenvalue weighted by Gasteiger charge is 2.27. The third-order valence-corrected chi connectivity index (χ3v) is 1.47. The zero-order valence-corrected chi connectivity index (χ0v) is 7.82. The zero-order chi connectivity index (χ0) is 11.2. The van der Waals surface area contributed by atoms with Crippen molar-refractivity contribution in [2.45, 2.75) is 38.4 Å². The molecule has 1 unspecified atom stereocenters. The fourth-order valence-electron chi connectivity index (χ4n) is 0.830. The first-order valence-electron chi connectivity index (χ1n) is 4.14. The Morgan fingerprint density at radius 2 is 2.14 bits per heavy atom. The van der Waals surface area contributed by atoms with Crippen molar-refractivity contribution in [1.29, 1.82) is 0 Å². The van der Waals surface area contributed by atoms with E-state index < -0.39 is 24.9 Å². The number of halogens is 3. The second-order valence-corrected chi connectivity index (χ2v) is 2.99. The van der Waals surface area contributed by atoms with Gasteiger partial charge in [0.25, 0.3) is 0 Å². The van der Waals surface area contributed by atoms with Crippen LogP contribution in [-0.4, -0.2) is 18.1 Å². The fourth-order valence-corrected chi connectivity index (χ4v) is 0.830. The molecule has 80 valence electrons. The number of amides is 1. The lowest BCUT2D eigenvalue weighted by Gasteiger charge is -2.11. The lowest BCUT2D eigenvalue weighted by molar-refractivity contribution is -0.144. The van der Waals surface area contributed by atoms with Crippen LogP contribution >= 0.6 is 0 Å². The molecule has 5 heteroatoms. The largest absolute Gasteiger partial charge is 0.389 e. The average Bonchev–Trinajstić information content (AvgIpc) is 2.00. The van der Waals surface area contributed by atoms with Gasteiger partial charge in [-0.15, -0.1) is 12.3 Å². The van der Waals surface area contributed by atoms with E-state index in [1.807, 2.05) is 0 Å². The van der Waals surface area contributed by atoms with Gasteiger partial charge in [-0.05, 0) is 6.92 Å². The van der Waals surface area contributed by atoms with Crippen LogP contribution in [0.4, 0.5) is 13.2 Å². The molecule has 0 aromatic rings. The van der Waals surface area contributed by atoms with Gasteiger partial charge in [0.2, 0.25) is 5.91 Å². The summed E-state index contributed by atoms with van der Waals surface area (Å²) in [7, 11) is 0. The van der Waals surface area contributed by atoms with E-state index in [-0.39, 0.29) is 6.04 Å². The molecule has 0 spiro atoms. The van der Waals surface area contributed by atoms with E-state index in [9.17, 15) is 18.0 Å². The maximum absolute atomic E-state index is 11.7. The minimum absolute atomic E-state index is 0.277. The predicted octanol–water partition coefficient (Wildman–Crippen LogP) is 1.86. The average molecular weight is 207 g/mol. The Kier molecular flexibility index (Phi) is 5.06. The number of hydrogen-bond acceptors (Lipinski definition) is 1. The minimum Gasteiger partial charge on any atom is -0.353 e. The van der Waals surface area contributed by atoms with Gasteiger partial charge in [0.15, 0.2) is 0 Å². The number of nitrogens with one attached hydrogen (secondary N) is 1. The number of rotatable bonds is 4. The van der Waals surface area contributed by atoms with Crippen LogP contribution < -0.4 is 5.32 Å². The number of hydrogen-bond donors (Lipinski definition) is 1. The third kappa shape index (κ3) is 7.47. The SMILES string of the molecule is C#CCC(C)NC(=O)CCC(F)(F)F. The van der Waals surface area contributed by atoms with Crippen molar-refractivity contribution in [2.75, 3.05) is 0 Å². The minimum atomic E-state index is -4.29. The lowest BCUT2D eigenvalue weighted by atomic mass is 10.2. The molecule has 0 aliphatic rings. The summed E-state index contributed by atoms with van der Waals surface area (Å²) in [6.07, 6.45) is -0.640. The van der Waals surface area contributed by atoms with E-state index in [1.165, 1.54) is 0 Å². The molecule has 0 saturated heterocycles. The molecule has 1 N–H and O–H groups in total. The molecule has 0 aliphatic carbocycles. The van der Waals surface area contributed by atoms with Gasteiger partial charge >= 0.3 is 6.18 Å². The summed E-state index contributed by atoms with van der Waals surface area (Å²) in [5.74, 6) is 1.69. The smallest absolute Gasteiger partial charge is 0.353 e. The summed E-state index contributed by atoms with van der Waals surface area (Å²) in [6.45, 7) is 1.64. The Morgan fingerprint density at radius 3 is 2.57 bits per heavy atom. The fraction of sp³-hybridized carbons (Fsp3) is 0.667. The van der Waals surface area contributed by atoms with Crippen molar-refractivity contribution < 1.29 is 18.0 Å². The van der Waals surface area contributed by atoms with Crippen molar-refractivity contribution in [3.63, 3.8) is 0 Å². The van der Waals surface area contributed by atoms with Crippen LogP contribution in [0.15, 0.2) is 0 Å². The van der Waals surface area contributed by atoms with Gasteiger partial charge in [-0.1, -0.05) is 0 Å². The maximum Gasteiger partial charge on any atom is 0.389 e. The summed E-state index contributed by atoms with van der Waals surface area (Å²) in [5.41, 5.74) is 0. The van der Waals surface area contributed by atoms with Crippen LogP contribution in [0.2, 0.25) is 0 Å². The van der Waals surface area contributed by atoms with Gasteiger partial charge in [-0.25, -0.2) is 0 Å². The molecule has 0 radical (unpaired) electrons. The van der Waals surface area contributed by atoms with Crippen LogP contribution in [0.5, 0.6) is 0 Å². The molecule has 2 nitrogen and oxygen atoms in total. The van der Waals surface area contributed by atoms with Gasteiger partial charge in [0, 0.05) is 18.9 Å². The van der Waals surface area contributed by atoms with Crippen molar-refractivity contribution in [3.8, 4) is 12.3 Å². The lowest BCUT2D eigenvalue weighted by Crippen LogP contribution is -2.32. The second kappa shape index (κ2) is 5.53. The standard InChI is InChI=1S/C9H12F3NO/c1-3-4-7(2)13-8(14)5-6-9(10,11)12/h1,7H,4-6H2,2H3,(H,13,14). The molecule has 0 aliphatic heterocycles. The first kappa shape index (κ1) is 12.8. The summed E-state index contributed by atoms with van der Waals surface area (Å²) in [6, 6.07) is -0.277. The summed E-state index contributed by atoms with van der Waals surface area (Å²) in [5, 5.41) is 2.37. The van der Waals surface area contributed by atoms with Crippen LogP contribution in [0.1, 0.15) is 26.2 Å². The second-order valence-electron chi connectivity index (χ2n) is 2.99. The normalized spacial score (nSPS) is 13.1. The van der Waals surface area contributed by atoms with Crippen molar-refractivity contribution >= 4 is 5.91 Å². The predicted molar refractivity (Wildman–Crippen MR) is 46.3 cm³/mol. The number of carbonyl (C=O) groups is 1. The third-order valence-electron chi connectivity index (χ3n) is 1.47. The maximum atomic E-state index is 11.7. The molecule has 0 fully saturated rings. The van der Waals surface area contributed by atoms with Gasteiger partial charge < -0.3 is 5.32 Å². The van der Waals surface area contributed by atoms with Crippen molar-refractivity contribution in [3.05, 3.63) is 0 Å². The molecule has 1 amide bonds. The highest BCUT2D eigenvalue weighted by molar-refractivity contribution is 5.76. The highest BCUT2D eigenvalue weighted by Crippen LogP contribution is 2.20. The highest BCUT2D eigenvalue weighted by atomic mass is 19.4. The summed E-state index contributed by atoms with van der Waals surface area (Å²) >= 11 is 0. The zero-order valence-electron chi connectivity index (χ0n) is 7.82. The van der Waals surface area contributed by atoms with E-state index in [4.69, 9.17) is 6.42 Å². The van der Waals surface area contributed by atoms with Crippen LogP contribution in [0.3, 0.4) is 0 Å². The number of carbonyl (C=O) groups excluding carboxylic acids is 1. The van der Waals surface area contributed by atoms with E-state index in [0.717, 1.165) is 0 Å². The topological polar surface area (TPSA) is 29.1 Å². The van der Waals surface area contributed by atoms with Crippen LogP contribution in [0, 0.1) is 12.3 Å². The number of terminal acetylenes is 1. The monoisotopic (exact) mass is 207 g/mol. The van der Waals surface area contributed by atoms with Crippen LogP contribution in [0.25, 0.3) is 0 Å². The number of alkyl halides is 3. The Morgan fingerprint density at radius 1 is 1.57 bits per heavy atom. The summed E-state index contributed by atoms with van der Waals surface area (Å²) in [4.78, 5) is 10.9. The Bertz CT molecular complexity index is 229. The molecule has 0 saturated carbocycles. The molecule has 14 heavy (non-hydrogen) atoms. The van der Waals surface area contributed by atoms with E-state index >= 15 is 0 Å². The Balaban J connectivity index is 3.72. The molecular weight excluding hydrogens is 195 g/mol. The molecule has 0 rings (SSSR count). The Labute approximate surface area is 80.9 Å². The molecular formula is C9H12F3NO. The van der Waals surface area contributed by atoms with Gasteiger partial charge in [0.1, 0.15) is 0 Å². The van der Waals surface area contributed by atoms with Gasteiger partial charge in [-0.3, -0.25) is 4.79 Å². The molecule has 0 heterocycles. The van der Waals surface area contributed by atoms with Gasteiger partial charge in [-0.2, -0.15) is 13.2 Å². The van der Waals surface area contributed by atoms with Crippen LogP contribution in [-0.2, 0) is 4.79 Å².